The third-order valence-electron chi connectivity index (χ3n) is 4.87. The minimum Gasteiger partial charge on any atom is -0.481 e. The maximum atomic E-state index is 5.27. The quantitative estimate of drug-likeness (QED) is 0.804. The van der Waals surface area contributed by atoms with E-state index in [1.165, 1.54) is 12.8 Å². The van der Waals surface area contributed by atoms with E-state index in [9.17, 15) is 0 Å². The van der Waals surface area contributed by atoms with Crippen molar-refractivity contribution in [3.05, 3.63) is 30.4 Å². The molecule has 0 unspecified atom stereocenters. The van der Waals surface area contributed by atoms with Gasteiger partial charge >= 0.3 is 0 Å². The van der Waals surface area contributed by atoms with Crippen molar-refractivity contribution >= 4 is 5.82 Å². The number of piperidine rings is 1. The molecule has 7 nitrogen and oxygen atoms in total. The van der Waals surface area contributed by atoms with Crippen LogP contribution in [0.3, 0.4) is 0 Å². The highest BCUT2D eigenvalue weighted by Crippen LogP contribution is 2.36. The second kappa shape index (κ2) is 6.76. The summed E-state index contributed by atoms with van der Waals surface area (Å²) in [5, 5.41) is 4.01. The van der Waals surface area contributed by atoms with Gasteiger partial charge in [-0.25, -0.2) is 9.97 Å². The summed E-state index contributed by atoms with van der Waals surface area (Å²) in [6, 6.07) is 5.05. The molecule has 128 valence electrons. The van der Waals surface area contributed by atoms with Gasteiger partial charge in [0.15, 0.2) is 0 Å². The highest BCUT2D eigenvalue weighted by molar-refractivity contribution is 5.45. The van der Waals surface area contributed by atoms with Crippen LogP contribution >= 0.6 is 0 Å². The van der Waals surface area contributed by atoms with Crippen LogP contribution in [0.15, 0.2) is 29.2 Å². The van der Waals surface area contributed by atoms with E-state index < -0.39 is 0 Å². The molecule has 0 N–H and O–H groups in total. The van der Waals surface area contributed by atoms with Crippen molar-refractivity contribution < 1.29 is 9.26 Å². The number of ether oxygens (including phenoxy) is 1. The van der Waals surface area contributed by atoms with Gasteiger partial charge in [-0.3, -0.25) is 4.90 Å². The summed E-state index contributed by atoms with van der Waals surface area (Å²) in [5.41, 5.74) is 1.01. The Bertz CT molecular complexity index is 651. The molecule has 2 aromatic heterocycles. The molecule has 4 rings (SSSR count). The molecule has 1 aliphatic heterocycles. The van der Waals surface area contributed by atoms with Gasteiger partial charge < -0.3 is 14.2 Å². The van der Waals surface area contributed by atoms with Gasteiger partial charge in [0, 0.05) is 43.9 Å². The fourth-order valence-electron chi connectivity index (χ4n) is 3.51. The summed E-state index contributed by atoms with van der Waals surface area (Å²) in [6.07, 6.45) is 8.03. The maximum Gasteiger partial charge on any atom is 0.218 e. The summed E-state index contributed by atoms with van der Waals surface area (Å²) in [6.45, 7) is 3.01. The van der Waals surface area contributed by atoms with Crippen LogP contribution in [-0.4, -0.2) is 52.3 Å². The molecule has 3 heterocycles. The smallest absolute Gasteiger partial charge is 0.218 e. The number of methoxy groups -OCH3 is 1. The number of likely N-dealkylation sites (tertiary alicyclic amines) is 1. The lowest BCUT2D eigenvalue weighted by atomic mass is 10.0. The molecule has 24 heavy (non-hydrogen) atoms. The van der Waals surface area contributed by atoms with E-state index in [0.717, 1.165) is 44.0 Å². The lowest BCUT2D eigenvalue weighted by Crippen LogP contribution is -2.46. The van der Waals surface area contributed by atoms with Gasteiger partial charge in [0.05, 0.1) is 12.8 Å². The Morgan fingerprint density at radius 3 is 2.67 bits per heavy atom. The van der Waals surface area contributed by atoms with E-state index in [0.29, 0.717) is 18.0 Å². The fraction of sp³-hybridized carbons (Fsp3) is 0.588. The molecule has 0 atom stereocenters. The van der Waals surface area contributed by atoms with Crippen LogP contribution < -0.4 is 9.64 Å². The van der Waals surface area contributed by atoms with E-state index >= 15 is 0 Å². The van der Waals surface area contributed by atoms with Crippen molar-refractivity contribution in [2.75, 3.05) is 25.1 Å². The molecule has 1 aliphatic carbocycles. The van der Waals surface area contributed by atoms with Crippen LogP contribution in [0.1, 0.15) is 31.4 Å². The van der Waals surface area contributed by atoms with Crippen molar-refractivity contribution in [1.82, 2.24) is 20.0 Å². The SMILES string of the molecule is COc1cc(N(C2CC2)C2CCN(Cc3ccon3)CC2)ncn1. The van der Waals surface area contributed by atoms with Crippen LogP contribution in [0.4, 0.5) is 5.82 Å². The van der Waals surface area contributed by atoms with E-state index in [1.807, 2.05) is 12.1 Å². The van der Waals surface area contributed by atoms with Crippen molar-refractivity contribution in [1.29, 1.82) is 0 Å². The molecule has 0 aromatic carbocycles. The van der Waals surface area contributed by atoms with Crippen molar-refractivity contribution in [3.63, 3.8) is 0 Å². The van der Waals surface area contributed by atoms with E-state index in [4.69, 9.17) is 9.26 Å². The summed E-state index contributed by atoms with van der Waals surface area (Å²) in [4.78, 5) is 13.6. The third kappa shape index (κ3) is 3.36. The first-order valence-electron chi connectivity index (χ1n) is 8.59. The number of nitrogens with zero attached hydrogens (tertiary/aromatic N) is 5. The average Bonchev–Trinajstić information content (AvgIpc) is 3.32. The Balaban J connectivity index is 1.42. The van der Waals surface area contributed by atoms with Gasteiger partial charge in [-0.1, -0.05) is 5.16 Å². The Kier molecular flexibility index (Phi) is 4.34. The molecule has 0 spiro atoms. The Morgan fingerprint density at radius 2 is 2.00 bits per heavy atom. The topological polar surface area (TPSA) is 67.5 Å². The van der Waals surface area contributed by atoms with Crippen molar-refractivity contribution in [2.45, 2.75) is 44.3 Å². The van der Waals surface area contributed by atoms with Gasteiger partial charge in [0.2, 0.25) is 5.88 Å². The summed E-state index contributed by atoms with van der Waals surface area (Å²) in [5.74, 6) is 1.63. The van der Waals surface area contributed by atoms with E-state index in [1.54, 1.807) is 19.7 Å². The standard InChI is InChI=1S/C17H23N5O2/c1-23-17-10-16(18-12-19-17)22(14-2-3-14)15-4-7-21(8-5-15)11-13-6-9-24-20-13/h6,9-10,12,14-15H,2-5,7-8,11H2,1H3. The van der Waals surface area contributed by atoms with Gasteiger partial charge in [0.25, 0.3) is 0 Å². The highest BCUT2D eigenvalue weighted by Gasteiger charge is 2.36. The maximum absolute atomic E-state index is 5.27. The molecule has 1 saturated carbocycles. The molecule has 2 aromatic rings. The van der Waals surface area contributed by atoms with Crippen LogP contribution in [0.2, 0.25) is 0 Å². The molecular weight excluding hydrogens is 306 g/mol. The predicted octanol–water partition coefficient (Wildman–Crippen LogP) is 2.11. The van der Waals surface area contributed by atoms with Gasteiger partial charge in [-0.2, -0.15) is 0 Å². The molecule has 7 heteroatoms. The number of anilines is 1. The zero-order valence-electron chi connectivity index (χ0n) is 14.0. The Morgan fingerprint density at radius 1 is 1.21 bits per heavy atom. The zero-order valence-corrected chi connectivity index (χ0v) is 14.0. The van der Waals surface area contributed by atoms with E-state index in [2.05, 4.69) is 24.9 Å². The van der Waals surface area contributed by atoms with Gasteiger partial charge in [-0.15, -0.1) is 0 Å². The molecule has 2 aliphatic rings. The first-order chi connectivity index (χ1) is 11.8. The van der Waals surface area contributed by atoms with Crippen molar-refractivity contribution in [2.24, 2.45) is 0 Å². The second-order valence-electron chi connectivity index (χ2n) is 6.56. The second-order valence-corrected chi connectivity index (χ2v) is 6.56. The third-order valence-corrected chi connectivity index (χ3v) is 4.87. The van der Waals surface area contributed by atoms with Crippen molar-refractivity contribution in [3.8, 4) is 5.88 Å². The molecule has 0 radical (unpaired) electrons. The minimum atomic E-state index is 0.533. The van der Waals surface area contributed by atoms with E-state index in [-0.39, 0.29) is 0 Å². The molecule has 1 saturated heterocycles. The lowest BCUT2D eigenvalue weighted by Gasteiger charge is -2.39. The van der Waals surface area contributed by atoms with Gasteiger partial charge in [0.1, 0.15) is 18.4 Å². The number of aromatic nitrogens is 3. The monoisotopic (exact) mass is 329 g/mol. The Labute approximate surface area is 141 Å². The lowest BCUT2D eigenvalue weighted by molar-refractivity contribution is 0.195. The van der Waals surface area contributed by atoms with Crippen LogP contribution in [0, 0.1) is 0 Å². The van der Waals surface area contributed by atoms with Crippen LogP contribution in [-0.2, 0) is 6.54 Å². The molecule has 0 bridgehead atoms. The Hall–Kier alpha value is -2.15. The molecule has 0 amide bonds. The van der Waals surface area contributed by atoms with Gasteiger partial charge in [-0.05, 0) is 25.7 Å². The average molecular weight is 329 g/mol. The summed E-state index contributed by atoms with van der Waals surface area (Å²) >= 11 is 0. The van der Waals surface area contributed by atoms with Crippen LogP contribution in [0.5, 0.6) is 5.88 Å². The number of hydrogen-bond donors (Lipinski definition) is 0. The summed E-state index contributed by atoms with van der Waals surface area (Å²) < 4.78 is 10.2. The highest BCUT2D eigenvalue weighted by atomic mass is 16.5. The largest absolute Gasteiger partial charge is 0.481 e. The minimum absolute atomic E-state index is 0.533. The first kappa shape index (κ1) is 15.4. The molecule has 2 fully saturated rings. The fourth-order valence-corrected chi connectivity index (χ4v) is 3.51. The number of hydrogen-bond acceptors (Lipinski definition) is 7. The first-order valence-corrected chi connectivity index (χ1v) is 8.59. The molecular formula is C17H23N5O2. The summed E-state index contributed by atoms with van der Waals surface area (Å²) in [7, 11) is 1.65. The predicted molar refractivity (Wildman–Crippen MR) is 88.9 cm³/mol. The number of rotatable bonds is 6. The zero-order chi connectivity index (χ0) is 16.4. The van der Waals surface area contributed by atoms with Crippen LogP contribution in [0.25, 0.3) is 0 Å². The normalized spacial score (nSPS) is 19.4.